The summed E-state index contributed by atoms with van der Waals surface area (Å²) in [5, 5.41) is 8.87. The van der Waals surface area contributed by atoms with E-state index in [1.54, 1.807) is 24.5 Å². The molecule has 0 aromatic carbocycles. The van der Waals surface area contributed by atoms with Crippen LogP contribution in [-0.4, -0.2) is 22.4 Å². The summed E-state index contributed by atoms with van der Waals surface area (Å²) < 4.78 is 0. The monoisotopic (exact) mass is 290 g/mol. The van der Waals surface area contributed by atoms with Crippen LogP contribution in [0.1, 0.15) is 36.1 Å². The van der Waals surface area contributed by atoms with E-state index in [4.69, 9.17) is 0 Å². The number of amides is 1. The summed E-state index contributed by atoms with van der Waals surface area (Å²) >= 11 is 1.52. The summed E-state index contributed by atoms with van der Waals surface area (Å²) in [5.41, 5.74) is 0.0314. The number of nitrogens with one attached hydrogen (secondary N) is 2. The van der Waals surface area contributed by atoms with Gasteiger partial charge in [-0.15, -0.1) is 11.3 Å². The average Bonchev–Trinajstić information content (AvgIpc) is 2.94. The highest BCUT2D eigenvalue weighted by atomic mass is 32.1. The Hall–Kier alpha value is -1.95. The van der Waals surface area contributed by atoms with Gasteiger partial charge in [-0.1, -0.05) is 0 Å². The number of rotatable bonds is 5. The van der Waals surface area contributed by atoms with Crippen molar-refractivity contribution in [2.75, 3.05) is 11.9 Å². The lowest BCUT2D eigenvalue weighted by Crippen LogP contribution is -2.41. The lowest BCUT2D eigenvalue weighted by molar-refractivity contribution is 0.0912. The van der Waals surface area contributed by atoms with Crippen LogP contribution in [0, 0.1) is 0 Å². The summed E-state index contributed by atoms with van der Waals surface area (Å²) in [5.74, 6) is 0.441. The molecule has 106 valence electrons. The van der Waals surface area contributed by atoms with Crippen molar-refractivity contribution in [3.63, 3.8) is 0 Å². The van der Waals surface area contributed by atoms with Crippen LogP contribution < -0.4 is 10.6 Å². The number of thiazole rings is 1. The van der Waals surface area contributed by atoms with Gasteiger partial charge in [0, 0.05) is 24.3 Å². The lowest BCUT2D eigenvalue weighted by Gasteiger charge is -2.24. The molecule has 0 aliphatic heterocycles. The maximum absolute atomic E-state index is 12.4. The summed E-state index contributed by atoms with van der Waals surface area (Å²) in [6, 6.07) is 3.52. The van der Waals surface area contributed by atoms with Gasteiger partial charge in [0.1, 0.15) is 10.8 Å². The molecule has 2 N–H and O–H groups in total. The smallest absolute Gasteiger partial charge is 0.255 e. The fourth-order valence-electron chi connectivity index (χ4n) is 1.83. The SMILES string of the molecule is CCNc1ncccc1C(=O)NC(C)(C)c1nccs1. The van der Waals surface area contributed by atoms with Crippen molar-refractivity contribution < 1.29 is 4.79 Å². The number of carbonyl (C=O) groups is 1. The van der Waals surface area contributed by atoms with Gasteiger partial charge >= 0.3 is 0 Å². The van der Waals surface area contributed by atoms with Crippen molar-refractivity contribution in [2.24, 2.45) is 0 Å². The summed E-state index contributed by atoms with van der Waals surface area (Å²) in [4.78, 5) is 20.9. The fourth-order valence-corrected chi connectivity index (χ4v) is 2.55. The Morgan fingerprint density at radius 2 is 2.15 bits per heavy atom. The van der Waals surface area contributed by atoms with Gasteiger partial charge in [-0.25, -0.2) is 9.97 Å². The van der Waals surface area contributed by atoms with E-state index in [0.717, 1.165) is 5.01 Å². The molecule has 0 bridgehead atoms. The Balaban J connectivity index is 2.20. The molecule has 0 radical (unpaired) electrons. The highest BCUT2D eigenvalue weighted by Gasteiger charge is 2.27. The van der Waals surface area contributed by atoms with E-state index < -0.39 is 5.54 Å². The number of anilines is 1. The highest BCUT2D eigenvalue weighted by molar-refractivity contribution is 7.09. The van der Waals surface area contributed by atoms with E-state index in [0.29, 0.717) is 17.9 Å². The molecule has 0 unspecified atom stereocenters. The summed E-state index contributed by atoms with van der Waals surface area (Å²) in [7, 11) is 0. The minimum Gasteiger partial charge on any atom is -0.370 e. The molecule has 2 heterocycles. The van der Waals surface area contributed by atoms with Crippen LogP contribution in [0.15, 0.2) is 29.9 Å². The zero-order chi connectivity index (χ0) is 14.6. The van der Waals surface area contributed by atoms with Gasteiger partial charge in [0.25, 0.3) is 5.91 Å². The number of aromatic nitrogens is 2. The number of carbonyl (C=O) groups excluding carboxylic acids is 1. The molecule has 0 saturated heterocycles. The molecule has 0 saturated carbocycles. The highest BCUT2D eigenvalue weighted by Crippen LogP contribution is 2.23. The van der Waals surface area contributed by atoms with E-state index in [-0.39, 0.29) is 5.91 Å². The van der Waals surface area contributed by atoms with E-state index in [1.165, 1.54) is 11.3 Å². The van der Waals surface area contributed by atoms with Crippen LogP contribution in [-0.2, 0) is 5.54 Å². The minimum absolute atomic E-state index is 0.158. The fraction of sp³-hybridized carbons (Fsp3) is 0.357. The summed E-state index contributed by atoms with van der Waals surface area (Å²) in [6.07, 6.45) is 3.41. The molecule has 5 nitrogen and oxygen atoms in total. The molecule has 1 amide bonds. The second-order valence-electron chi connectivity index (χ2n) is 4.85. The Kier molecular flexibility index (Phi) is 4.34. The molecular formula is C14H18N4OS. The molecule has 2 rings (SSSR count). The van der Waals surface area contributed by atoms with Crippen LogP contribution in [0.2, 0.25) is 0 Å². The first kappa shape index (κ1) is 14.5. The first-order chi connectivity index (χ1) is 9.54. The lowest BCUT2D eigenvalue weighted by atomic mass is 10.1. The van der Waals surface area contributed by atoms with Crippen molar-refractivity contribution in [1.82, 2.24) is 15.3 Å². The van der Waals surface area contributed by atoms with Crippen LogP contribution in [0.5, 0.6) is 0 Å². The van der Waals surface area contributed by atoms with Gasteiger partial charge < -0.3 is 10.6 Å². The predicted octanol–water partition coefficient (Wildman–Crippen LogP) is 2.64. The molecule has 20 heavy (non-hydrogen) atoms. The largest absolute Gasteiger partial charge is 0.370 e. The maximum Gasteiger partial charge on any atom is 0.255 e. The topological polar surface area (TPSA) is 66.9 Å². The number of hydrogen-bond donors (Lipinski definition) is 2. The van der Waals surface area contributed by atoms with E-state index in [1.807, 2.05) is 26.2 Å². The third-order valence-corrected chi connectivity index (χ3v) is 3.89. The van der Waals surface area contributed by atoms with Gasteiger partial charge in [0.15, 0.2) is 0 Å². The molecular weight excluding hydrogens is 272 g/mol. The molecule has 0 aliphatic carbocycles. The first-order valence-electron chi connectivity index (χ1n) is 6.46. The van der Waals surface area contributed by atoms with Gasteiger partial charge in [-0.2, -0.15) is 0 Å². The Morgan fingerprint density at radius 3 is 2.80 bits per heavy atom. The quantitative estimate of drug-likeness (QED) is 0.888. The first-order valence-corrected chi connectivity index (χ1v) is 7.34. The minimum atomic E-state index is -0.509. The molecule has 0 aliphatic rings. The molecule has 0 atom stereocenters. The van der Waals surface area contributed by atoms with Crippen molar-refractivity contribution in [2.45, 2.75) is 26.3 Å². The third kappa shape index (κ3) is 3.14. The van der Waals surface area contributed by atoms with Gasteiger partial charge in [0.05, 0.1) is 11.1 Å². The number of pyridine rings is 1. The Bertz CT molecular complexity index is 581. The van der Waals surface area contributed by atoms with Gasteiger partial charge in [-0.05, 0) is 32.9 Å². The zero-order valence-corrected chi connectivity index (χ0v) is 12.6. The second kappa shape index (κ2) is 6.00. The Morgan fingerprint density at radius 1 is 1.35 bits per heavy atom. The zero-order valence-electron chi connectivity index (χ0n) is 11.8. The van der Waals surface area contributed by atoms with E-state index in [2.05, 4.69) is 20.6 Å². The summed E-state index contributed by atoms with van der Waals surface area (Å²) in [6.45, 7) is 6.56. The van der Waals surface area contributed by atoms with E-state index >= 15 is 0 Å². The number of nitrogens with zero attached hydrogens (tertiary/aromatic N) is 2. The van der Waals surface area contributed by atoms with Crippen molar-refractivity contribution in [1.29, 1.82) is 0 Å². The van der Waals surface area contributed by atoms with Crippen LogP contribution >= 0.6 is 11.3 Å². The molecule has 6 heteroatoms. The second-order valence-corrected chi connectivity index (χ2v) is 5.74. The predicted molar refractivity (Wildman–Crippen MR) is 81.0 cm³/mol. The number of hydrogen-bond acceptors (Lipinski definition) is 5. The molecule has 2 aromatic rings. The van der Waals surface area contributed by atoms with Crippen molar-refractivity contribution in [3.05, 3.63) is 40.5 Å². The molecule has 0 fully saturated rings. The van der Waals surface area contributed by atoms with E-state index in [9.17, 15) is 4.79 Å². The Labute approximate surface area is 122 Å². The van der Waals surface area contributed by atoms with Crippen molar-refractivity contribution in [3.8, 4) is 0 Å². The van der Waals surface area contributed by atoms with Crippen LogP contribution in [0.25, 0.3) is 0 Å². The molecule has 0 spiro atoms. The maximum atomic E-state index is 12.4. The van der Waals surface area contributed by atoms with Crippen LogP contribution in [0.3, 0.4) is 0 Å². The molecule has 2 aromatic heterocycles. The third-order valence-electron chi connectivity index (χ3n) is 2.79. The van der Waals surface area contributed by atoms with Gasteiger partial charge in [-0.3, -0.25) is 4.79 Å². The van der Waals surface area contributed by atoms with Crippen molar-refractivity contribution >= 4 is 23.1 Å². The standard InChI is InChI=1S/C14H18N4OS/c1-4-15-11-10(6-5-7-16-11)12(19)18-14(2,3)13-17-8-9-20-13/h5-9H,4H2,1-3H3,(H,15,16)(H,18,19). The average molecular weight is 290 g/mol. The van der Waals surface area contributed by atoms with Gasteiger partial charge in [0.2, 0.25) is 0 Å². The van der Waals surface area contributed by atoms with Crippen LogP contribution in [0.4, 0.5) is 5.82 Å². The normalized spacial score (nSPS) is 11.2.